The van der Waals surface area contributed by atoms with Gasteiger partial charge in [-0.1, -0.05) is 0 Å². The lowest BCUT2D eigenvalue weighted by Crippen LogP contribution is -2.50. The second-order valence-corrected chi connectivity index (χ2v) is 12.7. The molecule has 0 amide bonds. The number of aromatic nitrogens is 2. The number of hydrogen-bond acceptors (Lipinski definition) is 10. The first-order chi connectivity index (χ1) is 21.2. The molecule has 2 fully saturated rings. The van der Waals surface area contributed by atoms with Gasteiger partial charge in [0.25, 0.3) is 0 Å². The van der Waals surface area contributed by atoms with Crippen LogP contribution in [0.4, 0.5) is 30.4 Å². The van der Waals surface area contributed by atoms with Crippen molar-refractivity contribution < 1.29 is 40.5 Å². The highest BCUT2D eigenvalue weighted by molar-refractivity contribution is 7.89. The second-order valence-electron chi connectivity index (χ2n) is 10.8. The predicted molar refractivity (Wildman–Crippen MR) is 156 cm³/mol. The maximum Gasteiger partial charge on any atom is 0.418 e. The van der Waals surface area contributed by atoms with Crippen molar-refractivity contribution in [3.63, 3.8) is 0 Å². The molecule has 3 aliphatic rings. The lowest BCUT2D eigenvalue weighted by atomic mass is 10.0. The molecule has 240 valence electrons. The predicted octanol–water partition coefficient (Wildman–Crippen LogP) is 3.64. The maximum absolute atomic E-state index is 13.8. The van der Waals surface area contributed by atoms with E-state index in [0.29, 0.717) is 38.0 Å². The van der Waals surface area contributed by atoms with Crippen LogP contribution in [-0.4, -0.2) is 107 Å². The number of H-pyrrole nitrogens is 1. The molecule has 3 N–H and O–H groups in total. The highest BCUT2D eigenvalue weighted by Gasteiger charge is 2.37. The number of fused-ring (bicyclic) bond motifs is 2. The molecule has 16 heteroatoms. The van der Waals surface area contributed by atoms with E-state index in [9.17, 15) is 21.6 Å². The van der Waals surface area contributed by atoms with E-state index in [1.165, 1.54) is 23.5 Å². The van der Waals surface area contributed by atoms with Crippen LogP contribution < -0.4 is 20.1 Å². The molecule has 0 bridgehead atoms. The summed E-state index contributed by atoms with van der Waals surface area (Å²) in [5, 5.41) is 5.98. The number of rotatable bonds is 9. The van der Waals surface area contributed by atoms with E-state index in [2.05, 4.69) is 25.5 Å². The monoisotopic (exact) mass is 640 g/mol. The van der Waals surface area contributed by atoms with Crippen LogP contribution in [0, 0.1) is 0 Å². The average Bonchev–Trinajstić information content (AvgIpc) is 3.47. The SMILES string of the molecule is COCCNc1cc(Nc2ccc(S(=O)(=O)N3CCC(N4CCOCC4)CC3)c3c2OCCO3)nc2[nH]cc(C(F)(F)F)c12. The Balaban J connectivity index is 1.27. The number of nitrogens with one attached hydrogen (secondary N) is 3. The fraction of sp³-hybridized carbons (Fsp3) is 0.536. The van der Waals surface area contributed by atoms with Crippen molar-refractivity contribution in [3.05, 3.63) is 30.0 Å². The Morgan fingerprint density at radius 3 is 2.48 bits per heavy atom. The van der Waals surface area contributed by atoms with Gasteiger partial charge in [0.2, 0.25) is 10.0 Å². The third-order valence-corrected chi connectivity index (χ3v) is 10.0. The van der Waals surface area contributed by atoms with Crippen LogP contribution in [0.5, 0.6) is 11.5 Å². The number of methoxy groups -OCH3 is 1. The number of sulfonamides is 1. The van der Waals surface area contributed by atoms with Crippen molar-refractivity contribution in [2.24, 2.45) is 0 Å². The Labute approximate surface area is 252 Å². The number of ether oxygens (including phenoxy) is 4. The Kier molecular flexibility index (Phi) is 8.79. The van der Waals surface area contributed by atoms with E-state index in [4.69, 9.17) is 18.9 Å². The normalized spacial score (nSPS) is 18.9. The van der Waals surface area contributed by atoms with Gasteiger partial charge in [0.05, 0.1) is 36.5 Å². The highest BCUT2D eigenvalue weighted by atomic mass is 32.2. The first kappa shape index (κ1) is 30.7. The quantitative estimate of drug-likeness (QED) is 0.298. The molecule has 3 aliphatic heterocycles. The van der Waals surface area contributed by atoms with Gasteiger partial charge in [-0.25, -0.2) is 13.4 Å². The largest absolute Gasteiger partial charge is 0.485 e. The van der Waals surface area contributed by atoms with Crippen molar-refractivity contribution in [1.29, 1.82) is 0 Å². The van der Waals surface area contributed by atoms with Crippen LogP contribution in [-0.2, 0) is 25.7 Å². The summed E-state index contributed by atoms with van der Waals surface area (Å²) in [7, 11) is -2.40. The Hall–Kier alpha value is -3.31. The number of alkyl halides is 3. The molecule has 0 spiro atoms. The molecular weight excluding hydrogens is 605 g/mol. The van der Waals surface area contributed by atoms with Gasteiger partial charge in [-0.2, -0.15) is 17.5 Å². The summed E-state index contributed by atoms with van der Waals surface area (Å²) in [4.78, 5) is 9.35. The number of hydrogen-bond donors (Lipinski definition) is 3. The Bertz CT molecular complexity index is 1590. The van der Waals surface area contributed by atoms with Gasteiger partial charge < -0.3 is 34.6 Å². The van der Waals surface area contributed by atoms with Crippen LogP contribution >= 0.6 is 0 Å². The zero-order valence-corrected chi connectivity index (χ0v) is 25.0. The molecule has 44 heavy (non-hydrogen) atoms. The lowest BCUT2D eigenvalue weighted by Gasteiger charge is -2.39. The number of pyridine rings is 1. The maximum atomic E-state index is 13.8. The van der Waals surface area contributed by atoms with Gasteiger partial charge in [-0.3, -0.25) is 4.90 Å². The number of benzene rings is 1. The summed E-state index contributed by atoms with van der Waals surface area (Å²) >= 11 is 0. The lowest BCUT2D eigenvalue weighted by molar-refractivity contribution is -0.136. The molecule has 2 saturated heterocycles. The Morgan fingerprint density at radius 1 is 1.05 bits per heavy atom. The van der Waals surface area contributed by atoms with Gasteiger partial charge in [0.15, 0.2) is 11.5 Å². The topological polar surface area (TPSA) is 130 Å². The van der Waals surface area contributed by atoms with Gasteiger partial charge in [-0.05, 0) is 25.0 Å². The van der Waals surface area contributed by atoms with Crippen LogP contribution in [0.25, 0.3) is 11.0 Å². The summed E-state index contributed by atoms with van der Waals surface area (Å²) in [6, 6.07) is 4.79. The molecule has 12 nitrogen and oxygen atoms in total. The second kappa shape index (κ2) is 12.6. The molecule has 0 unspecified atom stereocenters. The van der Waals surface area contributed by atoms with Gasteiger partial charge >= 0.3 is 6.18 Å². The van der Waals surface area contributed by atoms with Crippen molar-refractivity contribution in [1.82, 2.24) is 19.2 Å². The minimum Gasteiger partial charge on any atom is -0.485 e. The number of morpholine rings is 1. The van der Waals surface area contributed by atoms with E-state index in [1.54, 1.807) is 6.07 Å². The smallest absolute Gasteiger partial charge is 0.418 e. The van der Waals surface area contributed by atoms with Gasteiger partial charge in [-0.15, -0.1) is 0 Å². The highest BCUT2D eigenvalue weighted by Crippen LogP contribution is 2.45. The summed E-state index contributed by atoms with van der Waals surface area (Å²) in [6.07, 6.45) is -2.26. The first-order valence-corrected chi connectivity index (χ1v) is 15.9. The third kappa shape index (κ3) is 6.13. The number of piperidine rings is 1. The molecule has 5 heterocycles. The zero-order chi connectivity index (χ0) is 30.9. The molecule has 0 aliphatic carbocycles. The van der Waals surface area contributed by atoms with E-state index in [1.807, 2.05) is 0 Å². The molecule has 0 atom stereocenters. The molecule has 6 rings (SSSR count). The molecule has 0 saturated carbocycles. The average molecular weight is 641 g/mol. The molecule has 1 aromatic carbocycles. The van der Waals surface area contributed by atoms with Crippen LogP contribution in [0.2, 0.25) is 0 Å². The number of aromatic amines is 1. The summed E-state index contributed by atoms with van der Waals surface area (Å²) in [5.41, 5.74) is -0.257. The fourth-order valence-electron chi connectivity index (χ4n) is 5.93. The molecule has 2 aromatic heterocycles. The third-order valence-electron chi connectivity index (χ3n) is 8.09. The van der Waals surface area contributed by atoms with Gasteiger partial charge in [0, 0.05) is 63.8 Å². The van der Waals surface area contributed by atoms with Gasteiger partial charge in [0.1, 0.15) is 29.6 Å². The zero-order valence-electron chi connectivity index (χ0n) is 24.2. The Morgan fingerprint density at radius 2 is 1.77 bits per heavy atom. The minimum atomic E-state index is -4.59. The minimum absolute atomic E-state index is 0.00657. The van der Waals surface area contributed by atoms with E-state index < -0.39 is 21.8 Å². The summed E-state index contributed by atoms with van der Waals surface area (Å²) in [6.45, 7) is 4.76. The van der Waals surface area contributed by atoms with Crippen LogP contribution in [0.3, 0.4) is 0 Å². The molecule has 0 radical (unpaired) electrons. The van der Waals surface area contributed by atoms with E-state index in [0.717, 1.165) is 32.1 Å². The van der Waals surface area contributed by atoms with Crippen molar-refractivity contribution in [2.75, 3.05) is 83.5 Å². The van der Waals surface area contributed by atoms with E-state index >= 15 is 0 Å². The van der Waals surface area contributed by atoms with E-state index in [-0.39, 0.29) is 65.3 Å². The van der Waals surface area contributed by atoms with Crippen molar-refractivity contribution >= 4 is 38.2 Å². The number of nitrogens with zero attached hydrogens (tertiary/aromatic N) is 3. The number of anilines is 3. The summed E-state index contributed by atoms with van der Waals surface area (Å²) < 4.78 is 92.5. The fourth-order valence-corrected chi connectivity index (χ4v) is 7.53. The number of halogens is 3. The van der Waals surface area contributed by atoms with Crippen molar-refractivity contribution in [2.45, 2.75) is 30.0 Å². The van der Waals surface area contributed by atoms with Crippen molar-refractivity contribution in [3.8, 4) is 11.5 Å². The van der Waals surface area contributed by atoms with Crippen LogP contribution in [0.1, 0.15) is 18.4 Å². The molecular formula is C28H35F3N6O6S. The molecule has 3 aromatic rings. The standard InChI is InChI=1S/C28H35F3N6O6S/c1-40-11-6-32-21-16-23(35-27-24(21)19(17-33-27)28(29,30)31)34-20-2-3-22(26-25(20)42-14-15-43-26)44(38,39)37-7-4-18(5-8-37)36-9-12-41-13-10-36/h2-3,16-18H,4-15H2,1H3,(H3,32,33,34,35). The summed E-state index contributed by atoms with van der Waals surface area (Å²) in [5.74, 6) is 0.499. The van der Waals surface area contributed by atoms with Crippen LogP contribution in [0.15, 0.2) is 29.3 Å². The first-order valence-electron chi connectivity index (χ1n) is 14.5.